The molecule has 66 valence electrons. The fraction of sp³-hybridized carbons (Fsp3) is 0.143. The van der Waals surface area contributed by atoms with Crippen molar-refractivity contribution in [3.63, 3.8) is 0 Å². The first-order chi connectivity index (χ1) is 5.66. The Morgan fingerprint density at radius 2 is 2.25 bits per heavy atom. The van der Waals surface area contributed by atoms with Crippen molar-refractivity contribution < 1.29 is 4.39 Å². The summed E-state index contributed by atoms with van der Waals surface area (Å²) in [4.78, 5) is 0. The topological polar surface area (TPSA) is 38.0 Å². The highest BCUT2D eigenvalue weighted by molar-refractivity contribution is 9.10. The molecule has 2 nitrogen and oxygen atoms in total. The van der Waals surface area contributed by atoms with E-state index >= 15 is 0 Å². The highest BCUT2D eigenvalue weighted by Crippen LogP contribution is 2.25. The molecule has 0 amide bonds. The summed E-state index contributed by atoms with van der Waals surface area (Å²) in [6, 6.07) is 3.17. The number of rotatable bonds is 2. The summed E-state index contributed by atoms with van der Waals surface area (Å²) < 4.78 is 13.8. The molecule has 0 atom stereocenters. The maximum absolute atomic E-state index is 13.2. The summed E-state index contributed by atoms with van der Waals surface area (Å²) in [5, 5.41) is 0.100. The van der Waals surface area contributed by atoms with Gasteiger partial charge in [-0.1, -0.05) is 27.5 Å². The second kappa shape index (κ2) is 4.18. The van der Waals surface area contributed by atoms with Crippen LogP contribution in [0.2, 0.25) is 5.02 Å². The second-order valence-electron chi connectivity index (χ2n) is 2.20. The Balaban J connectivity index is 3.14. The number of hydrazine groups is 1. The van der Waals surface area contributed by atoms with Gasteiger partial charge in [0.1, 0.15) is 5.82 Å². The van der Waals surface area contributed by atoms with E-state index in [4.69, 9.17) is 17.4 Å². The maximum atomic E-state index is 13.2. The van der Waals surface area contributed by atoms with E-state index in [0.29, 0.717) is 10.0 Å². The summed E-state index contributed by atoms with van der Waals surface area (Å²) in [6.07, 6.45) is 0. The molecular formula is C7H7BrClFN2. The minimum atomic E-state index is -0.441. The monoisotopic (exact) mass is 252 g/mol. The second-order valence-corrected chi connectivity index (χ2v) is 3.46. The van der Waals surface area contributed by atoms with Crippen LogP contribution in [0.25, 0.3) is 0 Å². The van der Waals surface area contributed by atoms with Crippen molar-refractivity contribution in [2.45, 2.75) is 6.54 Å². The first-order valence-corrected chi connectivity index (χ1v) is 4.39. The molecule has 0 aliphatic heterocycles. The number of benzene rings is 1. The van der Waals surface area contributed by atoms with Crippen LogP contribution < -0.4 is 11.3 Å². The predicted molar refractivity (Wildman–Crippen MR) is 50.1 cm³/mol. The van der Waals surface area contributed by atoms with Gasteiger partial charge in [0.25, 0.3) is 0 Å². The average molecular weight is 254 g/mol. The number of hydrogen-bond donors (Lipinski definition) is 2. The first kappa shape index (κ1) is 9.92. The Labute approximate surface area is 83.0 Å². The van der Waals surface area contributed by atoms with Crippen molar-refractivity contribution in [2.24, 2.45) is 5.84 Å². The molecule has 12 heavy (non-hydrogen) atoms. The van der Waals surface area contributed by atoms with Crippen LogP contribution in [-0.2, 0) is 6.54 Å². The smallest absolute Gasteiger partial charge is 0.147 e. The minimum Gasteiger partial charge on any atom is -0.271 e. The summed E-state index contributed by atoms with van der Waals surface area (Å²) in [5.41, 5.74) is 2.80. The molecular weight excluding hydrogens is 246 g/mol. The van der Waals surface area contributed by atoms with Crippen molar-refractivity contribution in [2.75, 3.05) is 0 Å². The number of nitrogens with two attached hydrogens (primary N) is 1. The van der Waals surface area contributed by atoms with Crippen LogP contribution in [0.15, 0.2) is 16.6 Å². The van der Waals surface area contributed by atoms with Crippen LogP contribution in [0, 0.1) is 5.82 Å². The molecule has 0 radical (unpaired) electrons. The molecule has 1 aromatic carbocycles. The van der Waals surface area contributed by atoms with Crippen LogP contribution in [0.5, 0.6) is 0 Å². The van der Waals surface area contributed by atoms with Crippen molar-refractivity contribution in [3.05, 3.63) is 33.0 Å². The number of hydrogen-bond acceptors (Lipinski definition) is 2. The normalized spacial score (nSPS) is 10.3. The van der Waals surface area contributed by atoms with E-state index < -0.39 is 5.82 Å². The molecule has 0 aromatic heterocycles. The molecule has 0 unspecified atom stereocenters. The average Bonchev–Trinajstić information content (AvgIpc) is 2.06. The van der Waals surface area contributed by atoms with E-state index in [0.717, 1.165) is 0 Å². The first-order valence-electron chi connectivity index (χ1n) is 3.22. The Bertz CT molecular complexity index is 293. The lowest BCUT2D eigenvalue weighted by Gasteiger charge is -2.05. The summed E-state index contributed by atoms with van der Waals surface area (Å²) in [5.74, 6) is 4.63. The Hall–Kier alpha value is -0.160. The van der Waals surface area contributed by atoms with Crippen LogP contribution in [-0.4, -0.2) is 0 Å². The van der Waals surface area contributed by atoms with Crippen molar-refractivity contribution in [1.29, 1.82) is 0 Å². The minimum absolute atomic E-state index is 0.100. The van der Waals surface area contributed by atoms with Crippen LogP contribution in [0.1, 0.15) is 5.56 Å². The Morgan fingerprint density at radius 1 is 1.58 bits per heavy atom. The van der Waals surface area contributed by atoms with Gasteiger partial charge >= 0.3 is 0 Å². The highest BCUT2D eigenvalue weighted by atomic mass is 79.9. The standard InChI is InChI=1S/C7H7BrClFN2/c8-5-1-2-6(9)7(10)4(5)3-12-11/h1-2,12H,3,11H2. The molecule has 0 heterocycles. The molecule has 0 fully saturated rings. The summed E-state index contributed by atoms with van der Waals surface area (Å²) >= 11 is 8.75. The zero-order chi connectivity index (χ0) is 9.14. The van der Waals surface area contributed by atoms with Gasteiger partial charge in [-0.2, -0.15) is 0 Å². The molecule has 3 N–H and O–H groups in total. The van der Waals surface area contributed by atoms with Gasteiger partial charge in [0.05, 0.1) is 5.02 Å². The SMILES string of the molecule is NNCc1c(Br)ccc(Cl)c1F. The van der Waals surface area contributed by atoms with Crippen molar-refractivity contribution in [1.82, 2.24) is 5.43 Å². The van der Waals surface area contributed by atoms with Gasteiger partial charge in [-0.05, 0) is 12.1 Å². The predicted octanol–water partition coefficient (Wildman–Crippen LogP) is 2.20. The van der Waals surface area contributed by atoms with Gasteiger partial charge in [-0.3, -0.25) is 11.3 Å². The molecule has 0 saturated carbocycles. The van der Waals surface area contributed by atoms with Gasteiger partial charge in [0.2, 0.25) is 0 Å². The summed E-state index contributed by atoms with van der Waals surface area (Å²) in [6.45, 7) is 0.243. The lowest BCUT2D eigenvalue weighted by Crippen LogP contribution is -2.21. The third-order valence-electron chi connectivity index (χ3n) is 1.42. The van der Waals surface area contributed by atoms with Crippen molar-refractivity contribution >= 4 is 27.5 Å². The molecule has 1 aromatic rings. The quantitative estimate of drug-likeness (QED) is 0.482. The van der Waals surface area contributed by atoms with E-state index in [-0.39, 0.29) is 11.6 Å². The molecule has 1 rings (SSSR count). The third kappa shape index (κ3) is 1.95. The van der Waals surface area contributed by atoms with E-state index in [2.05, 4.69) is 21.4 Å². The van der Waals surface area contributed by atoms with Crippen molar-refractivity contribution in [3.8, 4) is 0 Å². The van der Waals surface area contributed by atoms with Gasteiger partial charge in [-0.25, -0.2) is 4.39 Å². The molecule has 0 aliphatic rings. The van der Waals surface area contributed by atoms with Crippen LogP contribution in [0.4, 0.5) is 4.39 Å². The number of halogens is 3. The fourth-order valence-corrected chi connectivity index (χ4v) is 1.46. The van der Waals surface area contributed by atoms with E-state index in [1.54, 1.807) is 6.07 Å². The molecule has 0 bridgehead atoms. The van der Waals surface area contributed by atoms with E-state index in [1.165, 1.54) is 6.07 Å². The largest absolute Gasteiger partial charge is 0.271 e. The van der Waals surface area contributed by atoms with Gasteiger partial charge in [-0.15, -0.1) is 0 Å². The van der Waals surface area contributed by atoms with E-state index in [1.807, 2.05) is 0 Å². The lowest BCUT2D eigenvalue weighted by molar-refractivity contribution is 0.592. The third-order valence-corrected chi connectivity index (χ3v) is 2.45. The lowest BCUT2D eigenvalue weighted by atomic mass is 10.2. The van der Waals surface area contributed by atoms with E-state index in [9.17, 15) is 4.39 Å². The van der Waals surface area contributed by atoms with Gasteiger partial charge < -0.3 is 0 Å². The van der Waals surface area contributed by atoms with Gasteiger partial charge in [0.15, 0.2) is 0 Å². The molecule has 0 spiro atoms. The summed E-state index contributed by atoms with van der Waals surface area (Å²) in [7, 11) is 0. The molecule has 0 aliphatic carbocycles. The Morgan fingerprint density at radius 3 is 2.83 bits per heavy atom. The Kier molecular flexibility index (Phi) is 3.46. The molecule has 0 saturated heterocycles. The zero-order valence-corrected chi connectivity index (χ0v) is 8.41. The highest BCUT2D eigenvalue weighted by Gasteiger charge is 2.09. The van der Waals surface area contributed by atoms with Crippen LogP contribution >= 0.6 is 27.5 Å². The molecule has 5 heteroatoms. The maximum Gasteiger partial charge on any atom is 0.147 e. The van der Waals surface area contributed by atoms with Crippen LogP contribution in [0.3, 0.4) is 0 Å². The number of nitrogens with one attached hydrogen (secondary N) is 1. The van der Waals surface area contributed by atoms with Gasteiger partial charge in [0, 0.05) is 16.6 Å². The fourth-order valence-electron chi connectivity index (χ4n) is 0.833. The zero-order valence-electron chi connectivity index (χ0n) is 6.07.